The zero-order valence-electron chi connectivity index (χ0n) is 8.32. The average Bonchev–Trinajstić information content (AvgIpc) is 2.30. The van der Waals surface area contributed by atoms with Gasteiger partial charge >= 0.3 is 0 Å². The predicted octanol–water partition coefficient (Wildman–Crippen LogP) is 3.50. The SMILES string of the molecule is Clc1ccccc1CNc1ncncc1Br. The number of rotatable bonds is 3. The molecule has 0 aliphatic rings. The summed E-state index contributed by atoms with van der Waals surface area (Å²) >= 11 is 9.41. The number of hydrogen-bond acceptors (Lipinski definition) is 3. The van der Waals surface area contributed by atoms with Crippen LogP contribution >= 0.6 is 27.5 Å². The van der Waals surface area contributed by atoms with Crippen LogP contribution in [0.2, 0.25) is 5.02 Å². The number of hydrogen-bond donors (Lipinski definition) is 1. The average molecular weight is 299 g/mol. The van der Waals surface area contributed by atoms with Gasteiger partial charge in [0, 0.05) is 17.8 Å². The van der Waals surface area contributed by atoms with E-state index in [4.69, 9.17) is 11.6 Å². The summed E-state index contributed by atoms with van der Waals surface area (Å²) in [6, 6.07) is 7.71. The highest BCUT2D eigenvalue weighted by atomic mass is 79.9. The Bertz CT molecular complexity index is 445. The molecule has 1 heterocycles. The third kappa shape index (κ3) is 2.71. The van der Waals surface area contributed by atoms with Gasteiger partial charge < -0.3 is 5.32 Å². The number of nitrogens with zero attached hydrogens (tertiary/aromatic N) is 2. The van der Waals surface area contributed by atoms with Crippen molar-refractivity contribution in [1.29, 1.82) is 0 Å². The summed E-state index contributed by atoms with van der Waals surface area (Å²) in [5, 5.41) is 3.94. The van der Waals surface area contributed by atoms with E-state index < -0.39 is 0 Å². The third-order valence-electron chi connectivity index (χ3n) is 2.07. The van der Waals surface area contributed by atoms with Crippen molar-refractivity contribution in [2.45, 2.75) is 6.54 Å². The summed E-state index contributed by atoms with van der Waals surface area (Å²) in [6.07, 6.45) is 3.20. The first-order valence-electron chi connectivity index (χ1n) is 4.70. The van der Waals surface area contributed by atoms with Gasteiger partial charge in [-0.15, -0.1) is 0 Å². The van der Waals surface area contributed by atoms with E-state index in [9.17, 15) is 0 Å². The van der Waals surface area contributed by atoms with Gasteiger partial charge in [0.2, 0.25) is 0 Å². The fourth-order valence-electron chi connectivity index (χ4n) is 1.26. The van der Waals surface area contributed by atoms with E-state index in [-0.39, 0.29) is 0 Å². The quantitative estimate of drug-likeness (QED) is 0.942. The van der Waals surface area contributed by atoms with Crippen molar-refractivity contribution in [3.8, 4) is 0 Å². The second-order valence-electron chi connectivity index (χ2n) is 3.16. The van der Waals surface area contributed by atoms with Gasteiger partial charge in [0.15, 0.2) is 0 Å². The van der Waals surface area contributed by atoms with Gasteiger partial charge in [0.1, 0.15) is 12.1 Å². The summed E-state index contributed by atoms with van der Waals surface area (Å²) in [7, 11) is 0. The lowest BCUT2D eigenvalue weighted by atomic mass is 10.2. The Morgan fingerprint density at radius 1 is 1.31 bits per heavy atom. The molecule has 0 unspecified atom stereocenters. The van der Waals surface area contributed by atoms with Crippen LogP contribution in [0, 0.1) is 0 Å². The molecule has 0 atom stereocenters. The Hall–Kier alpha value is -1.13. The smallest absolute Gasteiger partial charge is 0.144 e. The molecule has 0 saturated heterocycles. The molecule has 3 nitrogen and oxygen atoms in total. The lowest BCUT2D eigenvalue weighted by molar-refractivity contribution is 1.07. The van der Waals surface area contributed by atoms with Crippen molar-refractivity contribution in [2.24, 2.45) is 0 Å². The Kier molecular flexibility index (Phi) is 3.74. The van der Waals surface area contributed by atoms with Gasteiger partial charge in [-0.2, -0.15) is 0 Å². The summed E-state index contributed by atoms with van der Waals surface area (Å²) in [4.78, 5) is 8.00. The summed E-state index contributed by atoms with van der Waals surface area (Å²) in [6.45, 7) is 0.634. The van der Waals surface area contributed by atoms with Gasteiger partial charge in [-0.1, -0.05) is 29.8 Å². The molecule has 5 heteroatoms. The first kappa shape index (κ1) is 11.4. The van der Waals surface area contributed by atoms with E-state index in [2.05, 4.69) is 31.2 Å². The normalized spacial score (nSPS) is 10.1. The van der Waals surface area contributed by atoms with Crippen molar-refractivity contribution in [3.63, 3.8) is 0 Å². The first-order valence-corrected chi connectivity index (χ1v) is 5.87. The molecular formula is C11H9BrClN3. The summed E-state index contributed by atoms with van der Waals surface area (Å²) in [5.74, 6) is 0.759. The molecule has 2 aromatic rings. The zero-order valence-corrected chi connectivity index (χ0v) is 10.7. The van der Waals surface area contributed by atoms with Crippen molar-refractivity contribution >= 4 is 33.3 Å². The molecule has 0 bridgehead atoms. The monoisotopic (exact) mass is 297 g/mol. The van der Waals surface area contributed by atoms with Gasteiger partial charge in [0.25, 0.3) is 0 Å². The number of nitrogens with one attached hydrogen (secondary N) is 1. The van der Waals surface area contributed by atoms with Crippen molar-refractivity contribution in [1.82, 2.24) is 9.97 Å². The van der Waals surface area contributed by atoms with E-state index in [0.29, 0.717) is 6.54 Å². The number of halogens is 2. The van der Waals surface area contributed by atoms with Crippen LogP contribution in [0.25, 0.3) is 0 Å². The van der Waals surface area contributed by atoms with Gasteiger partial charge in [-0.25, -0.2) is 9.97 Å². The topological polar surface area (TPSA) is 37.8 Å². The Balaban J connectivity index is 2.09. The van der Waals surface area contributed by atoms with Gasteiger partial charge in [-0.05, 0) is 27.6 Å². The molecule has 1 aromatic carbocycles. The molecule has 16 heavy (non-hydrogen) atoms. The summed E-state index contributed by atoms with van der Waals surface area (Å²) in [5.41, 5.74) is 1.04. The zero-order chi connectivity index (χ0) is 11.4. The highest BCUT2D eigenvalue weighted by molar-refractivity contribution is 9.10. The fourth-order valence-corrected chi connectivity index (χ4v) is 1.83. The molecule has 1 N–H and O–H groups in total. The molecule has 2 rings (SSSR count). The molecule has 0 amide bonds. The highest BCUT2D eigenvalue weighted by Crippen LogP contribution is 2.20. The van der Waals surface area contributed by atoms with E-state index in [1.165, 1.54) is 6.33 Å². The Morgan fingerprint density at radius 2 is 2.12 bits per heavy atom. The first-order chi connectivity index (χ1) is 7.77. The molecule has 0 saturated carbocycles. The largest absolute Gasteiger partial charge is 0.365 e. The molecule has 0 radical (unpaired) electrons. The Labute approximate surface area is 107 Å². The highest BCUT2D eigenvalue weighted by Gasteiger charge is 2.02. The number of anilines is 1. The molecule has 82 valence electrons. The number of aromatic nitrogens is 2. The molecule has 0 aliphatic carbocycles. The minimum absolute atomic E-state index is 0.634. The number of benzene rings is 1. The second-order valence-corrected chi connectivity index (χ2v) is 4.43. The van der Waals surface area contributed by atoms with E-state index in [0.717, 1.165) is 20.9 Å². The maximum absolute atomic E-state index is 6.05. The second kappa shape index (κ2) is 5.27. The fraction of sp³-hybridized carbons (Fsp3) is 0.0909. The Morgan fingerprint density at radius 3 is 2.88 bits per heavy atom. The van der Waals surface area contributed by atoms with Crippen LogP contribution in [0.1, 0.15) is 5.56 Å². The van der Waals surface area contributed by atoms with Crippen molar-refractivity contribution in [2.75, 3.05) is 5.32 Å². The van der Waals surface area contributed by atoms with E-state index in [1.807, 2.05) is 24.3 Å². The predicted molar refractivity (Wildman–Crippen MR) is 68.5 cm³/mol. The van der Waals surface area contributed by atoms with Crippen molar-refractivity contribution < 1.29 is 0 Å². The maximum Gasteiger partial charge on any atom is 0.144 e. The molecule has 1 aromatic heterocycles. The van der Waals surface area contributed by atoms with E-state index >= 15 is 0 Å². The molecule has 0 aliphatic heterocycles. The van der Waals surface area contributed by atoms with Crippen LogP contribution in [0.15, 0.2) is 41.3 Å². The van der Waals surface area contributed by atoms with Gasteiger partial charge in [-0.3, -0.25) is 0 Å². The lowest BCUT2D eigenvalue weighted by Gasteiger charge is -2.07. The van der Waals surface area contributed by atoms with E-state index in [1.54, 1.807) is 6.20 Å². The van der Waals surface area contributed by atoms with Crippen LogP contribution in [-0.2, 0) is 6.54 Å². The standard InChI is InChI=1S/C11H9BrClN3/c12-9-6-14-7-16-11(9)15-5-8-3-1-2-4-10(8)13/h1-4,6-7H,5H2,(H,14,15,16). The van der Waals surface area contributed by atoms with Gasteiger partial charge in [0.05, 0.1) is 4.47 Å². The minimum atomic E-state index is 0.634. The van der Waals surface area contributed by atoms with Crippen LogP contribution in [0.5, 0.6) is 0 Å². The van der Waals surface area contributed by atoms with Crippen LogP contribution < -0.4 is 5.32 Å². The lowest BCUT2D eigenvalue weighted by Crippen LogP contribution is -2.02. The maximum atomic E-state index is 6.05. The van der Waals surface area contributed by atoms with Crippen molar-refractivity contribution in [3.05, 3.63) is 51.8 Å². The summed E-state index contributed by atoms with van der Waals surface area (Å²) < 4.78 is 0.835. The van der Waals surface area contributed by atoms with Crippen LogP contribution in [0.4, 0.5) is 5.82 Å². The molecule has 0 spiro atoms. The molecule has 0 fully saturated rings. The molecular weight excluding hydrogens is 289 g/mol. The van der Waals surface area contributed by atoms with Crippen LogP contribution in [0.3, 0.4) is 0 Å². The van der Waals surface area contributed by atoms with Crippen LogP contribution in [-0.4, -0.2) is 9.97 Å². The minimum Gasteiger partial charge on any atom is -0.365 e. The third-order valence-corrected chi connectivity index (χ3v) is 3.02.